The highest BCUT2D eigenvalue weighted by atomic mass is 32.2. The fourth-order valence-corrected chi connectivity index (χ4v) is 4.88. The van der Waals surface area contributed by atoms with Gasteiger partial charge in [-0.25, -0.2) is 8.42 Å². The fraction of sp³-hybridized carbons (Fsp3) is 0.917. The molecule has 2 aliphatic heterocycles. The van der Waals surface area contributed by atoms with Crippen molar-refractivity contribution in [2.75, 3.05) is 11.5 Å². The van der Waals surface area contributed by atoms with Gasteiger partial charge in [0, 0.05) is 0 Å². The summed E-state index contributed by atoms with van der Waals surface area (Å²) >= 11 is 0. The highest BCUT2D eigenvalue weighted by Crippen LogP contribution is 2.41. The Bertz CT molecular complexity index is 449. The average molecular weight is 257 g/mol. The zero-order valence-electron chi connectivity index (χ0n) is 10.4. The van der Waals surface area contributed by atoms with Gasteiger partial charge < -0.3 is 4.74 Å². The quantitative estimate of drug-likeness (QED) is 0.754. The zero-order chi connectivity index (χ0) is 12.7. The predicted molar refractivity (Wildman–Crippen MR) is 64.1 cm³/mol. The van der Waals surface area contributed by atoms with Gasteiger partial charge >= 0.3 is 0 Å². The normalized spacial score (nSPS) is 39.0. The fourth-order valence-electron chi connectivity index (χ4n) is 2.87. The van der Waals surface area contributed by atoms with Gasteiger partial charge in [0.2, 0.25) is 0 Å². The largest absolute Gasteiger partial charge is 0.372 e. The predicted octanol–water partition coefficient (Wildman–Crippen LogP) is 1.66. The summed E-state index contributed by atoms with van der Waals surface area (Å²) in [4.78, 5) is 0. The van der Waals surface area contributed by atoms with Crippen LogP contribution < -0.4 is 0 Å². The standard InChI is InChI=1S/C12H19NO3S/c1-11(2)4-3-10(16-11)7-12(8-13)5-6-17(14,15)9-12/h10H,3-7,9H2,1-2H3. The molecule has 0 saturated carbocycles. The third-order valence-corrected chi connectivity index (χ3v) is 5.62. The second kappa shape index (κ2) is 3.96. The maximum Gasteiger partial charge on any atom is 0.151 e. The lowest BCUT2D eigenvalue weighted by molar-refractivity contribution is -0.0279. The van der Waals surface area contributed by atoms with E-state index in [4.69, 9.17) is 4.74 Å². The van der Waals surface area contributed by atoms with E-state index in [2.05, 4.69) is 6.07 Å². The molecule has 0 N–H and O–H groups in total. The van der Waals surface area contributed by atoms with Crippen LogP contribution in [0.2, 0.25) is 0 Å². The number of nitrogens with zero attached hydrogens (tertiary/aromatic N) is 1. The Kier molecular flexibility index (Phi) is 2.99. The number of ether oxygens (including phenoxy) is 1. The molecule has 0 bridgehead atoms. The monoisotopic (exact) mass is 257 g/mol. The van der Waals surface area contributed by atoms with Crippen LogP contribution in [-0.2, 0) is 14.6 Å². The highest BCUT2D eigenvalue weighted by molar-refractivity contribution is 7.91. The molecule has 0 spiro atoms. The molecule has 5 heteroatoms. The highest BCUT2D eigenvalue weighted by Gasteiger charge is 2.46. The molecule has 2 saturated heterocycles. The number of hydrogen-bond acceptors (Lipinski definition) is 4. The minimum Gasteiger partial charge on any atom is -0.372 e. The third-order valence-electron chi connectivity index (χ3n) is 3.80. The van der Waals surface area contributed by atoms with E-state index in [-0.39, 0.29) is 23.2 Å². The maximum atomic E-state index is 11.5. The third kappa shape index (κ3) is 2.80. The molecule has 2 unspecified atom stereocenters. The van der Waals surface area contributed by atoms with Gasteiger partial charge in [0.1, 0.15) is 0 Å². The second-order valence-electron chi connectivity index (χ2n) is 5.98. The Morgan fingerprint density at radius 2 is 2.12 bits per heavy atom. The Labute approximate surface area is 103 Å². The van der Waals surface area contributed by atoms with Crippen LogP contribution in [0.5, 0.6) is 0 Å². The van der Waals surface area contributed by atoms with Crippen molar-refractivity contribution in [2.45, 2.75) is 51.2 Å². The van der Waals surface area contributed by atoms with Crippen molar-refractivity contribution in [1.29, 1.82) is 5.26 Å². The smallest absolute Gasteiger partial charge is 0.151 e. The van der Waals surface area contributed by atoms with Crippen LogP contribution in [0.4, 0.5) is 0 Å². The van der Waals surface area contributed by atoms with Crippen molar-refractivity contribution in [3.05, 3.63) is 0 Å². The first-order valence-corrected chi connectivity index (χ1v) is 7.88. The Morgan fingerprint density at radius 3 is 2.53 bits per heavy atom. The van der Waals surface area contributed by atoms with E-state index in [1.54, 1.807) is 0 Å². The molecule has 96 valence electrons. The van der Waals surface area contributed by atoms with Crippen LogP contribution in [-0.4, -0.2) is 31.6 Å². The molecule has 2 heterocycles. The molecule has 2 aliphatic rings. The Balaban J connectivity index is 2.06. The van der Waals surface area contributed by atoms with Gasteiger partial charge in [-0.15, -0.1) is 0 Å². The van der Waals surface area contributed by atoms with E-state index in [9.17, 15) is 13.7 Å². The van der Waals surface area contributed by atoms with Crippen molar-refractivity contribution >= 4 is 9.84 Å². The summed E-state index contributed by atoms with van der Waals surface area (Å²) < 4.78 is 28.9. The topological polar surface area (TPSA) is 67.2 Å². The lowest BCUT2D eigenvalue weighted by atomic mass is 9.83. The molecule has 0 amide bonds. The second-order valence-corrected chi connectivity index (χ2v) is 8.16. The summed E-state index contributed by atoms with van der Waals surface area (Å²) in [6, 6.07) is 2.23. The molecule has 4 nitrogen and oxygen atoms in total. The molecule has 0 aromatic rings. The van der Waals surface area contributed by atoms with Gasteiger partial charge in [-0.2, -0.15) is 5.26 Å². The first kappa shape index (κ1) is 12.8. The molecule has 17 heavy (non-hydrogen) atoms. The van der Waals surface area contributed by atoms with E-state index >= 15 is 0 Å². The van der Waals surface area contributed by atoms with Crippen LogP contribution >= 0.6 is 0 Å². The summed E-state index contributed by atoms with van der Waals surface area (Å²) in [5, 5.41) is 9.27. The van der Waals surface area contributed by atoms with Crippen LogP contribution in [0.3, 0.4) is 0 Å². The van der Waals surface area contributed by atoms with E-state index in [0.29, 0.717) is 12.8 Å². The van der Waals surface area contributed by atoms with Crippen molar-refractivity contribution < 1.29 is 13.2 Å². The van der Waals surface area contributed by atoms with E-state index in [1.807, 2.05) is 13.8 Å². The van der Waals surface area contributed by atoms with Crippen molar-refractivity contribution in [3.8, 4) is 6.07 Å². The van der Waals surface area contributed by atoms with Gasteiger partial charge in [0.05, 0.1) is 34.7 Å². The summed E-state index contributed by atoms with van der Waals surface area (Å²) in [6.07, 6.45) is 2.97. The summed E-state index contributed by atoms with van der Waals surface area (Å²) in [7, 11) is -3.01. The van der Waals surface area contributed by atoms with E-state index in [0.717, 1.165) is 12.8 Å². The molecule has 2 rings (SSSR count). The zero-order valence-corrected chi connectivity index (χ0v) is 11.2. The van der Waals surface area contributed by atoms with E-state index in [1.165, 1.54) is 0 Å². The van der Waals surface area contributed by atoms with Crippen LogP contribution in [0.1, 0.15) is 39.5 Å². The number of sulfone groups is 1. The lowest BCUT2D eigenvalue weighted by Crippen LogP contribution is -2.28. The molecule has 2 atom stereocenters. The number of rotatable bonds is 2. The Hall–Kier alpha value is -0.600. The summed E-state index contributed by atoms with van der Waals surface area (Å²) in [5.74, 6) is 0.160. The number of nitriles is 1. The van der Waals surface area contributed by atoms with Gasteiger partial charge in [-0.1, -0.05) is 0 Å². The van der Waals surface area contributed by atoms with Crippen LogP contribution in [0.15, 0.2) is 0 Å². The van der Waals surface area contributed by atoms with Crippen molar-refractivity contribution in [1.82, 2.24) is 0 Å². The number of hydrogen-bond donors (Lipinski definition) is 0. The molecule has 2 fully saturated rings. The SMILES string of the molecule is CC1(C)CCC(CC2(C#N)CCS(=O)(=O)C2)O1. The average Bonchev–Trinajstić information content (AvgIpc) is 2.68. The van der Waals surface area contributed by atoms with Gasteiger partial charge in [-0.3, -0.25) is 0 Å². The lowest BCUT2D eigenvalue weighted by Gasteiger charge is -2.25. The molecule has 0 aromatic carbocycles. The molecule has 0 aromatic heterocycles. The molecular formula is C12H19NO3S. The van der Waals surface area contributed by atoms with Crippen molar-refractivity contribution in [3.63, 3.8) is 0 Å². The van der Waals surface area contributed by atoms with Crippen LogP contribution in [0, 0.1) is 16.7 Å². The minimum atomic E-state index is -3.01. The summed E-state index contributed by atoms with van der Waals surface area (Å²) in [6.45, 7) is 4.08. The molecule has 0 radical (unpaired) electrons. The molecular weight excluding hydrogens is 238 g/mol. The van der Waals surface area contributed by atoms with Gasteiger partial charge in [0.15, 0.2) is 9.84 Å². The Morgan fingerprint density at radius 1 is 1.41 bits per heavy atom. The van der Waals surface area contributed by atoms with Gasteiger partial charge in [-0.05, 0) is 39.5 Å². The summed E-state index contributed by atoms with van der Waals surface area (Å²) in [5.41, 5.74) is -0.831. The minimum absolute atomic E-state index is 0.0107. The van der Waals surface area contributed by atoms with Crippen molar-refractivity contribution in [2.24, 2.45) is 5.41 Å². The molecule has 0 aliphatic carbocycles. The van der Waals surface area contributed by atoms with Crippen LogP contribution in [0.25, 0.3) is 0 Å². The van der Waals surface area contributed by atoms with E-state index < -0.39 is 15.3 Å². The maximum absolute atomic E-state index is 11.5. The van der Waals surface area contributed by atoms with Gasteiger partial charge in [0.25, 0.3) is 0 Å². The first-order chi connectivity index (χ1) is 7.76. The first-order valence-electron chi connectivity index (χ1n) is 6.05.